The number of hydrogen-bond donors (Lipinski definition) is 0. The fourth-order valence-electron chi connectivity index (χ4n) is 4.08. The molecule has 2 atom stereocenters. The normalized spacial score (nSPS) is 14.7. The van der Waals surface area contributed by atoms with E-state index in [2.05, 4.69) is 13.8 Å². The summed E-state index contributed by atoms with van der Waals surface area (Å²) >= 11 is 0. The molecule has 0 rings (SSSR count). The number of unbranched alkanes of at least 4 members (excludes halogenated alkanes) is 4. The van der Waals surface area contributed by atoms with E-state index in [0.717, 1.165) is 51.4 Å². The first-order valence-electron chi connectivity index (χ1n) is 11.1. The maximum absolute atomic E-state index is 12.1. The van der Waals surface area contributed by atoms with Crippen LogP contribution in [0.15, 0.2) is 0 Å². The third kappa shape index (κ3) is 9.56. The van der Waals surface area contributed by atoms with Crippen molar-refractivity contribution in [3.8, 4) is 0 Å². The maximum Gasteiger partial charge on any atom is 0.503 e. The van der Waals surface area contributed by atoms with Crippen molar-refractivity contribution in [3.05, 3.63) is 0 Å². The van der Waals surface area contributed by atoms with Crippen LogP contribution in [0.5, 0.6) is 0 Å². The van der Waals surface area contributed by atoms with Crippen LogP contribution >= 0.6 is 0 Å². The van der Waals surface area contributed by atoms with Gasteiger partial charge in [-0.15, -0.1) is 0 Å². The summed E-state index contributed by atoms with van der Waals surface area (Å²) in [6.45, 7) is 4.24. The first-order chi connectivity index (χ1) is 14.3. The number of ketones is 1. The van der Waals surface area contributed by atoms with E-state index >= 15 is 0 Å². The van der Waals surface area contributed by atoms with Crippen LogP contribution in [0, 0.1) is 0 Å². The van der Waals surface area contributed by atoms with Crippen LogP contribution in [-0.2, 0) is 31.4 Å². The van der Waals surface area contributed by atoms with Crippen LogP contribution in [0.1, 0.15) is 78.1 Å². The molecular formula is C21H46O7Si2. The molecule has 0 aromatic rings. The Kier molecular flexibility index (Phi) is 16.4. The minimum atomic E-state index is -2.54. The van der Waals surface area contributed by atoms with E-state index in [4.69, 9.17) is 26.6 Å². The SMILES string of the molecule is CO[Si](OC)(OC)C(C)CCCCCC(=O)CCCCCC(C)[Si](OC)(OC)OC. The molecule has 0 bridgehead atoms. The molecule has 0 aromatic heterocycles. The Bertz CT molecular complexity index is 389. The van der Waals surface area contributed by atoms with Gasteiger partial charge < -0.3 is 26.6 Å². The average molecular weight is 467 g/mol. The van der Waals surface area contributed by atoms with Gasteiger partial charge in [0.05, 0.1) is 0 Å². The number of carbonyl (C=O) groups is 1. The first-order valence-corrected chi connectivity index (χ1v) is 14.7. The highest BCUT2D eigenvalue weighted by Gasteiger charge is 2.44. The van der Waals surface area contributed by atoms with Crippen molar-refractivity contribution < 1.29 is 31.4 Å². The highest BCUT2D eigenvalue weighted by atomic mass is 28.4. The van der Waals surface area contributed by atoms with Crippen molar-refractivity contribution in [3.63, 3.8) is 0 Å². The molecule has 0 N–H and O–H groups in total. The van der Waals surface area contributed by atoms with Gasteiger partial charge in [-0.2, -0.15) is 0 Å². The molecule has 0 aromatic carbocycles. The predicted molar refractivity (Wildman–Crippen MR) is 124 cm³/mol. The van der Waals surface area contributed by atoms with Crippen molar-refractivity contribution >= 4 is 23.4 Å². The summed E-state index contributed by atoms with van der Waals surface area (Å²) in [6.07, 6.45) is 9.45. The second-order valence-corrected chi connectivity index (χ2v) is 14.8. The molecule has 7 nitrogen and oxygen atoms in total. The Morgan fingerprint density at radius 2 is 0.867 bits per heavy atom. The van der Waals surface area contributed by atoms with Gasteiger partial charge in [-0.05, 0) is 25.7 Å². The van der Waals surface area contributed by atoms with Crippen LogP contribution in [0.3, 0.4) is 0 Å². The molecule has 2 unspecified atom stereocenters. The third-order valence-corrected chi connectivity index (χ3v) is 12.5. The first kappa shape index (κ1) is 29.9. The van der Waals surface area contributed by atoms with Gasteiger partial charge in [-0.25, -0.2) is 0 Å². The molecule has 0 spiro atoms. The van der Waals surface area contributed by atoms with E-state index in [0.29, 0.717) is 18.6 Å². The van der Waals surface area contributed by atoms with Gasteiger partial charge in [-0.3, -0.25) is 4.79 Å². The molecule has 180 valence electrons. The minimum absolute atomic E-state index is 0.256. The van der Waals surface area contributed by atoms with Gasteiger partial charge in [0.25, 0.3) is 0 Å². The van der Waals surface area contributed by atoms with Gasteiger partial charge in [0.15, 0.2) is 0 Å². The quantitative estimate of drug-likeness (QED) is 0.185. The standard InChI is InChI=1S/C21H46O7Si2/c1-19(29(23-3,24-4)25-5)15-11-9-13-17-21(22)18-14-10-12-16-20(2)30(26-6,27-7)28-8/h19-20H,9-18H2,1-8H3. The Morgan fingerprint density at radius 1 is 0.567 bits per heavy atom. The summed E-state index contributed by atoms with van der Waals surface area (Å²) in [5.74, 6) is 0.375. The lowest BCUT2D eigenvalue weighted by molar-refractivity contribution is -0.119. The summed E-state index contributed by atoms with van der Waals surface area (Å²) in [6, 6.07) is 0. The Morgan fingerprint density at radius 3 is 1.13 bits per heavy atom. The van der Waals surface area contributed by atoms with Gasteiger partial charge in [0, 0.05) is 66.6 Å². The lowest BCUT2D eigenvalue weighted by atomic mass is 10.0. The molecule has 0 saturated carbocycles. The number of Topliss-reactive ketones (excluding diaryl/α,β-unsaturated/α-hetero) is 1. The monoisotopic (exact) mass is 466 g/mol. The van der Waals surface area contributed by atoms with E-state index in [1.807, 2.05) is 0 Å². The second kappa shape index (κ2) is 16.5. The lowest BCUT2D eigenvalue weighted by Crippen LogP contribution is -2.46. The summed E-state index contributed by atoms with van der Waals surface area (Å²) in [5.41, 5.74) is 0.512. The van der Waals surface area contributed by atoms with Crippen molar-refractivity contribution in [1.82, 2.24) is 0 Å². The summed E-state index contributed by atoms with van der Waals surface area (Å²) in [5, 5.41) is 0. The van der Waals surface area contributed by atoms with Crippen molar-refractivity contribution in [2.45, 2.75) is 89.1 Å². The topological polar surface area (TPSA) is 72.5 Å². The molecule has 0 radical (unpaired) electrons. The fourth-order valence-corrected chi connectivity index (χ4v) is 8.61. The molecule has 9 heteroatoms. The molecular weight excluding hydrogens is 420 g/mol. The molecule has 0 fully saturated rings. The molecule has 30 heavy (non-hydrogen) atoms. The van der Waals surface area contributed by atoms with Gasteiger partial charge in [-0.1, -0.05) is 39.5 Å². The van der Waals surface area contributed by atoms with Crippen molar-refractivity contribution in [1.29, 1.82) is 0 Å². The van der Waals surface area contributed by atoms with E-state index in [1.165, 1.54) is 0 Å². The summed E-state index contributed by atoms with van der Waals surface area (Å²) < 4.78 is 33.2. The minimum Gasteiger partial charge on any atom is -0.377 e. The van der Waals surface area contributed by atoms with E-state index in [1.54, 1.807) is 42.7 Å². The Labute approximate surface area is 186 Å². The zero-order chi connectivity index (χ0) is 23.0. The van der Waals surface area contributed by atoms with Crippen molar-refractivity contribution in [2.75, 3.05) is 42.7 Å². The van der Waals surface area contributed by atoms with Crippen LogP contribution in [0.25, 0.3) is 0 Å². The summed E-state index contributed by atoms with van der Waals surface area (Å²) in [7, 11) is 4.83. The Hall–Kier alpha value is -0.136. The van der Waals surface area contributed by atoms with E-state index in [-0.39, 0.29) is 11.1 Å². The third-order valence-electron chi connectivity index (χ3n) is 6.10. The molecule has 0 heterocycles. The largest absolute Gasteiger partial charge is 0.503 e. The van der Waals surface area contributed by atoms with Crippen molar-refractivity contribution in [2.24, 2.45) is 0 Å². The van der Waals surface area contributed by atoms with Gasteiger partial charge >= 0.3 is 17.6 Å². The summed E-state index contributed by atoms with van der Waals surface area (Å²) in [4.78, 5) is 12.1. The van der Waals surface area contributed by atoms with Crippen LogP contribution in [-0.4, -0.2) is 66.1 Å². The number of carbonyl (C=O) groups excluding carboxylic acids is 1. The zero-order valence-corrected chi connectivity index (χ0v) is 22.6. The lowest BCUT2D eigenvalue weighted by Gasteiger charge is -2.30. The smallest absolute Gasteiger partial charge is 0.377 e. The number of hydrogen-bond acceptors (Lipinski definition) is 7. The van der Waals surface area contributed by atoms with E-state index < -0.39 is 17.6 Å². The molecule has 0 saturated heterocycles. The molecule has 0 amide bonds. The van der Waals surface area contributed by atoms with Gasteiger partial charge in [0.1, 0.15) is 5.78 Å². The molecule has 0 aliphatic carbocycles. The zero-order valence-electron chi connectivity index (χ0n) is 20.6. The second-order valence-electron chi connectivity index (χ2n) is 7.97. The van der Waals surface area contributed by atoms with Crippen LogP contribution in [0.4, 0.5) is 0 Å². The van der Waals surface area contributed by atoms with Crippen LogP contribution < -0.4 is 0 Å². The highest BCUT2D eigenvalue weighted by Crippen LogP contribution is 2.30. The number of rotatable bonds is 20. The maximum atomic E-state index is 12.1. The average Bonchev–Trinajstić information content (AvgIpc) is 2.76. The highest BCUT2D eigenvalue weighted by molar-refractivity contribution is 6.62. The predicted octanol–water partition coefficient (Wildman–Crippen LogP) is 4.99. The molecule has 0 aliphatic rings. The fraction of sp³-hybridized carbons (Fsp3) is 0.952. The Balaban J connectivity index is 3.90. The molecule has 0 aliphatic heterocycles. The van der Waals surface area contributed by atoms with E-state index in [9.17, 15) is 4.79 Å². The van der Waals surface area contributed by atoms with Crippen LogP contribution in [0.2, 0.25) is 11.1 Å². The van der Waals surface area contributed by atoms with Gasteiger partial charge in [0.2, 0.25) is 0 Å².